The first kappa shape index (κ1) is 19.5. The normalized spacial score (nSPS) is 13.4. The average molecular weight is 377 g/mol. The van der Waals surface area contributed by atoms with E-state index in [1.165, 1.54) is 0 Å². The Labute approximate surface area is 152 Å². The van der Waals surface area contributed by atoms with Gasteiger partial charge in [-0.2, -0.15) is 0 Å². The molecule has 0 radical (unpaired) electrons. The highest BCUT2D eigenvalue weighted by Crippen LogP contribution is 2.37. The zero-order valence-electron chi connectivity index (χ0n) is 13.2. The average Bonchev–Trinajstić information content (AvgIpc) is 2.42. The zero-order chi connectivity index (χ0) is 17.0. The first-order valence-electron chi connectivity index (χ1n) is 6.67. The molecule has 0 saturated heterocycles. The number of rotatable bonds is 6. The molecule has 0 fully saturated rings. The van der Waals surface area contributed by atoms with Crippen molar-refractivity contribution in [3.63, 3.8) is 0 Å². The molecule has 5 heteroatoms. The van der Waals surface area contributed by atoms with Gasteiger partial charge < -0.3 is 4.90 Å². The maximum Gasteiger partial charge on any atom is 0.0692 e. The van der Waals surface area contributed by atoms with E-state index in [2.05, 4.69) is 25.0 Å². The number of hydrogen-bond donors (Lipinski definition) is 0. The second-order valence-electron chi connectivity index (χ2n) is 5.02. The van der Waals surface area contributed by atoms with Gasteiger partial charge >= 0.3 is 0 Å². The monoisotopic (exact) mass is 375 g/mol. The molecule has 1 aromatic rings. The topological polar surface area (TPSA) is 3.24 Å². The standard InChI is InChI=1S/C17H20Cl3NS/c1-10(2)17(22-6)16(11(3)18)21(5)12(4)14-8-7-13(19)9-15(14)20/h7-9,12H,1,3H2,2,4-6H3/b17-16-/t12-/m1/s1. The van der Waals surface area contributed by atoms with Crippen molar-refractivity contribution in [2.45, 2.75) is 19.9 Å². The molecule has 0 aliphatic carbocycles. The van der Waals surface area contributed by atoms with E-state index in [4.69, 9.17) is 34.8 Å². The van der Waals surface area contributed by atoms with E-state index >= 15 is 0 Å². The number of likely N-dealkylation sites (N-methyl/N-ethyl adjacent to an activating group) is 1. The molecule has 1 aromatic carbocycles. The van der Waals surface area contributed by atoms with Crippen LogP contribution in [0.15, 0.2) is 52.6 Å². The summed E-state index contributed by atoms with van der Waals surface area (Å²) in [5.74, 6) is 0. The number of allylic oxidation sites excluding steroid dienone is 2. The lowest BCUT2D eigenvalue weighted by Crippen LogP contribution is -2.23. The van der Waals surface area contributed by atoms with E-state index in [0.717, 1.165) is 21.7 Å². The lowest BCUT2D eigenvalue weighted by molar-refractivity contribution is 0.338. The van der Waals surface area contributed by atoms with Gasteiger partial charge in [-0.15, -0.1) is 11.8 Å². The van der Waals surface area contributed by atoms with E-state index in [1.807, 2.05) is 32.4 Å². The number of halogens is 3. The van der Waals surface area contributed by atoms with Crippen molar-refractivity contribution in [3.8, 4) is 0 Å². The summed E-state index contributed by atoms with van der Waals surface area (Å²) in [7, 11) is 1.97. The van der Waals surface area contributed by atoms with E-state index in [1.54, 1.807) is 17.8 Å². The SMILES string of the molecule is C=C(C)/C(SC)=C(\C(=C)Cl)N(C)[C@H](C)c1ccc(Cl)cc1Cl. The molecule has 0 aliphatic heterocycles. The van der Waals surface area contributed by atoms with Crippen LogP contribution in [0.1, 0.15) is 25.5 Å². The van der Waals surface area contributed by atoms with Crippen molar-refractivity contribution in [1.82, 2.24) is 4.90 Å². The summed E-state index contributed by atoms with van der Waals surface area (Å²) < 4.78 is 0. The van der Waals surface area contributed by atoms with E-state index in [9.17, 15) is 0 Å². The van der Waals surface area contributed by atoms with E-state index in [0.29, 0.717) is 15.1 Å². The van der Waals surface area contributed by atoms with Crippen LogP contribution in [0.5, 0.6) is 0 Å². The fourth-order valence-electron chi connectivity index (χ4n) is 2.19. The maximum absolute atomic E-state index is 6.32. The highest BCUT2D eigenvalue weighted by molar-refractivity contribution is 8.02. The predicted octanol–water partition coefficient (Wildman–Crippen LogP) is 6.89. The molecule has 1 nitrogen and oxygen atoms in total. The minimum absolute atomic E-state index is 0.0109. The van der Waals surface area contributed by atoms with Crippen LogP contribution in [0, 0.1) is 0 Å². The second-order valence-corrected chi connectivity index (χ2v) is 7.14. The van der Waals surface area contributed by atoms with Crippen LogP contribution in [0.4, 0.5) is 0 Å². The molecule has 22 heavy (non-hydrogen) atoms. The Morgan fingerprint density at radius 1 is 1.27 bits per heavy atom. The quantitative estimate of drug-likeness (QED) is 0.497. The predicted molar refractivity (Wildman–Crippen MR) is 103 cm³/mol. The third-order valence-corrected chi connectivity index (χ3v) is 5.10. The Hall–Kier alpha value is -0.540. The summed E-state index contributed by atoms with van der Waals surface area (Å²) in [6, 6.07) is 5.52. The van der Waals surface area contributed by atoms with Gasteiger partial charge in [-0.3, -0.25) is 0 Å². The summed E-state index contributed by atoms with van der Waals surface area (Å²) in [6.45, 7) is 11.9. The molecular formula is C17H20Cl3NS. The minimum atomic E-state index is 0.0109. The fraction of sp³-hybridized carbons (Fsp3) is 0.294. The van der Waals surface area contributed by atoms with Crippen LogP contribution < -0.4 is 0 Å². The Morgan fingerprint density at radius 3 is 2.27 bits per heavy atom. The van der Waals surface area contributed by atoms with Crippen molar-refractivity contribution >= 4 is 46.6 Å². The molecule has 0 unspecified atom stereocenters. The van der Waals surface area contributed by atoms with Gasteiger partial charge in [0.2, 0.25) is 0 Å². The highest BCUT2D eigenvalue weighted by atomic mass is 35.5. The second kappa shape index (κ2) is 8.35. The first-order valence-corrected chi connectivity index (χ1v) is 9.03. The van der Waals surface area contributed by atoms with Gasteiger partial charge in [-0.25, -0.2) is 0 Å². The highest BCUT2D eigenvalue weighted by Gasteiger charge is 2.21. The van der Waals surface area contributed by atoms with Gasteiger partial charge in [-0.05, 0) is 43.4 Å². The molecule has 1 atom stereocenters. The summed E-state index contributed by atoms with van der Waals surface area (Å²) >= 11 is 20.1. The minimum Gasteiger partial charge on any atom is -0.366 e. The Balaban J connectivity index is 3.33. The van der Waals surface area contributed by atoms with Gasteiger partial charge in [0.1, 0.15) is 0 Å². The molecule has 0 saturated carbocycles. The zero-order valence-corrected chi connectivity index (χ0v) is 16.3. The third-order valence-electron chi connectivity index (χ3n) is 3.41. The van der Waals surface area contributed by atoms with Crippen LogP contribution in [0.25, 0.3) is 0 Å². The van der Waals surface area contributed by atoms with Crippen LogP contribution in [0.3, 0.4) is 0 Å². The summed E-state index contributed by atoms with van der Waals surface area (Å²) in [5.41, 5.74) is 2.79. The lowest BCUT2D eigenvalue weighted by Gasteiger charge is -2.32. The van der Waals surface area contributed by atoms with Crippen molar-refractivity contribution in [1.29, 1.82) is 0 Å². The van der Waals surface area contributed by atoms with Crippen LogP contribution in [-0.2, 0) is 0 Å². The molecule has 0 heterocycles. The molecule has 0 N–H and O–H groups in total. The van der Waals surface area contributed by atoms with Crippen molar-refractivity contribution < 1.29 is 0 Å². The van der Waals surface area contributed by atoms with E-state index in [-0.39, 0.29) is 6.04 Å². The maximum atomic E-state index is 6.32. The summed E-state index contributed by atoms with van der Waals surface area (Å²) in [6.07, 6.45) is 2.00. The molecule has 0 aromatic heterocycles. The smallest absolute Gasteiger partial charge is 0.0692 e. The van der Waals surface area contributed by atoms with Crippen molar-refractivity contribution in [2.24, 2.45) is 0 Å². The molecule has 1 rings (SSSR count). The van der Waals surface area contributed by atoms with Gasteiger partial charge in [0.15, 0.2) is 0 Å². The molecule has 0 amide bonds. The molecule has 120 valence electrons. The summed E-state index contributed by atoms with van der Waals surface area (Å²) in [4.78, 5) is 3.07. The number of thioether (sulfide) groups is 1. The van der Waals surface area contributed by atoms with Crippen LogP contribution in [0.2, 0.25) is 10.0 Å². The van der Waals surface area contributed by atoms with Crippen molar-refractivity contribution in [3.05, 3.63) is 68.2 Å². The van der Waals surface area contributed by atoms with Gasteiger partial charge in [-0.1, -0.05) is 54.0 Å². The van der Waals surface area contributed by atoms with Crippen LogP contribution >= 0.6 is 46.6 Å². The largest absolute Gasteiger partial charge is 0.366 e. The molecule has 0 aliphatic rings. The van der Waals surface area contributed by atoms with Crippen molar-refractivity contribution in [2.75, 3.05) is 13.3 Å². The fourth-order valence-corrected chi connectivity index (χ4v) is 3.85. The third kappa shape index (κ3) is 4.48. The van der Waals surface area contributed by atoms with E-state index < -0.39 is 0 Å². The van der Waals surface area contributed by atoms with Crippen LogP contribution in [-0.4, -0.2) is 18.2 Å². The first-order chi connectivity index (χ1) is 10.2. The molecule has 0 bridgehead atoms. The van der Waals surface area contributed by atoms with Gasteiger partial charge in [0.05, 0.1) is 16.8 Å². The Bertz CT molecular complexity index is 622. The molecular weight excluding hydrogens is 357 g/mol. The summed E-state index contributed by atoms with van der Waals surface area (Å²) in [5, 5.41) is 1.73. The Morgan fingerprint density at radius 2 is 1.86 bits per heavy atom. The Kier molecular flexibility index (Phi) is 7.40. The van der Waals surface area contributed by atoms with Gasteiger partial charge in [0, 0.05) is 22.0 Å². The van der Waals surface area contributed by atoms with Gasteiger partial charge in [0.25, 0.3) is 0 Å². The number of benzene rings is 1. The number of nitrogens with zero attached hydrogens (tertiary/aromatic N) is 1. The molecule has 0 spiro atoms. The number of hydrogen-bond acceptors (Lipinski definition) is 2. The lowest BCUT2D eigenvalue weighted by atomic mass is 10.1.